The molecular formula is C20H28N4OS. The number of aromatic nitrogens is 3. The molecule has 1 saturated carbocycles. The quantitative estimate of drug-likeness (QED) is 0.662. The Hall–Kier alpha value is -1.82. The number of carbonyl (C=O) groups is 1. The smallest absolute Gasteiger partial charge is 0.234 e. The molecule has 26 heavy (non-hydrogen) atoms. The van der Waals surface area contributed by atoms with E-state index in [1.165, 1.54) is 35.7 Å². The SMILES string of the molecule is CCCn1c(SCC(=O)Nc2c(CC)cccc2CC)nnc1C1CC1. The van der Waals surface area contributed by atoms with Crippen molar-refractivity contribution in [3.8, 4) is 0 Å². The van der Waals surface area contributed by atoms with Crippen LogP contribution in [0.1, 0.15) is 62.9 Å². The zero-order valence-electron chi connectivity index (χ0n) is 15.9. The molecule has 0 aliphatic heterocycles. The summed E-state index contributed by atoms with van der Waals surface area (Å²) in [5.74, 6) is 2.04. The molecule has 1 fully saturated rings. The van der Waals surface area contributed by atoms with Crippen molar-refractivity contribution >= 4 is 23.4 Å². The van der Waals surface area contributed by atoms with Crippen molar-refractivity contribution in [1.82, 2.24) is 14.8 Å². The second-order valence-corrected chi connectivity index (χ2v) is 7.70. The Morgan fingerprint density at radius 2 is 1.88 bits per heavy atom. The van der Waals surface area contributed by atoms with Gasteiger partial charge in [0.1, 0.15) is 5.82 Å². The molecule has 1 aromatic heterocycles. The number of rotatable bonds is 9. The van der Waals surface area contributed by atoms with Crippen LogP contribution in [0.2, 0.25) is 0 Å². The van der Waals surface area contributed by atoms with Gasteiger partial charge in [-0.15, -0.1) is 10.2 Å². The van der Waals surface area contributed by atoms with Gasteiger partial charge in [-0.3, -0.25) is 4.79 Å². The summed E-state index contributed by atoms with van der Waals surface area (Å²) in [7, 11) is 0. The Balaban J connectivity index is 1.67. The molecule has 0 spiro atoms. The van der Waals surface area contributed by atoms with Gasteiger partial charge in [-0.2, -0.15) is 0 Å². The van der Waals surface area contributed by atoms with Crippen molar-refractivity contribution in [3.63, 3.8) is 0 Å². The van der Waals surface area contributed by atoms with Crippen molar-refractivity contribution in [2.45, 2.75) is 70.5 Å². The third kappa shape index (κ3) is 4.29. The molecule has 140 valence electrons. The number of nitrogens with one attached hydrogen (secondary N) is 1. The number of nitrogens with zero attached hydrogens (tertiary/aromatic N) is 3. The Bertz CT molecular complexity index is 745. The van der Waals surface area contributed by atoms with Gasteiger partial charge in [0.05, 0.1) is 5.75 Å². The Kier molecular flexibility index (Phi) is 6.35. The summed E-state index contributed by atoms with van der Waals surface area (Å²) in [6, 6.07) is 6.23. The van der Waals surface area contributed by atoms with E-state index < -0.39 is 0 Å². The van der Waals surface area contributed by atoms with Crippen LogP contribution in [0.25, 0.3) is 0 Å². The van der Waals surface area contributed by atoms with E-state index in [0.717, 1.165) is 42.5 Å². The molecule has 1 N–H and O–H groups in total. The van der Waals surface area contributed by atoms with E-state index >= 15 is 0 Å². The van der Waals surface area contributed by atoms with Crippen LogP contribution in [0, 0.1) is 0 Å². The summed E-state index contributed by atoms with van der Waals surface area (Å²) < 4.78 is 2.20. The lowest BCUT2D eigenvalue weighted by molar-refractivity contribution is -0.113. The maximum atomic E-state index is 12.6. The molecule has 1 amide bonds. The minimum absolute atomic E-state index is 0.0182. The number of carbonyl (C=O) groups excluding carboxylic acids is 1. The highest BCUT2D eigenvalue weighted by atomic mass is 32.2. The molecule has 3 rings (SSSR count). The standard InChI is InChI=1S/C20H28N4OS/c1-4-12-24-19(16-10-11-16)22-23-20(24)26-13-17(25)21-18-14(5-2)8-7-9-15(18)6-3/h7-9,16H,4-6,10-13H2,1-3H3,(H,21,25). The molecule has 1 aliphatic carbocycles. The largest absolute Gasteiger partial charge is 0.325 e. The molecule has 5 nitrogen and oxygen atoms in total. The predicted octanol–water partition coefficient (Wildman–Crippen LogP) is 4.42. The average Bonchev–Trinajstić information content (AvgIpc) is 3.42. The van der Waals surface area contributed by atoms with E-state index in [1.54, 1.807) is 0 Å². The number of amides is 1. The molecule has 1 heterocycles. The van der Waals surface area contributed by atoms with Gasteiger partial charge in [0, 0.05) is 18.2 Å². The van der Waals surface area contributed by atoms with Crippen LogP contribution >= 0.6 is 11.8 Å². The molecular weight excluding hydrogens is 344 g/mol. The van der Waals surface area contributed by atoms with Crippen LogP contribution < -0.4 is 5.32 Å². The number of thioether (sulfide) groups is 1. The molecule has 1 aliphatic rings. The summed E-state index contributed by atoms with van der Waals surface area (Å²) in [6.07, 6.45) is 5.28. The first-order valence-electron chi connectivity index (χ1n) is 9.64. The Morgan fingerprint density at radius 3 is 2.46 bits per heavy atom. The van der Waals surface area contributed by atoms with E-state index in [1.807, 2.05) is 0 Å². The zero-order valence-corrected chi connectivity index (χ0v) is 16.7. The highest BCUT2D eigenvalue weighted by molar-refractivity contribution is 7.99. The molecule has 0 atom stereocenters. The van der Waals surface area contributed by atoms with Crippen molar-refractivity contribution < 1.29 is 4.79 Å². The fourth-order valence-corrected chi connectivity index (χ4v) is 3.96. The number of aryl methyl sites for hydroxylation is 2. The highest BCUT2D eigenvalue weighted by Crippen LogP contribution is 2.40. The summed E-state index contributed by atoms with van der Waals surface area (Å²) in [4.78, 5) is 12.6. The second-order valence-electron chi connectivity index (χ2n) is 6.76. The minimum atomic E-state index is 0.0182. The van der Waals surface area contributed by atoms with Crippen LogP contribution in [0.5, 0.6) is 0 Å². The van der Waals surface area contributed by atoms with Crippen molar-refractivity contribution in [1.29, 1.82) is 0 Å². The van der Waals surface area contributed by atoms with E-state index in [4.69, 9.17) is 0 Å². The third-order valence-corrected chi connectivity index (χ3v) is 5.70. The minimum Gasteiger partial charge on any atom is -0.325 e. The summed E-state index contributed by atoms with van der Waals surface area (Å²) in [6.45, 7) is 7.31. The topological polar surface area (TPSA) is 59.8 Å². The molecule has 0 unspecified atom stereocenters. The van der Waals surface area contributed by atoms with Crippen molar-refractivity contribution in [3.05, 3.63) is 35.2 Å². The van der Waals surface area contributed by atoms with Gasteiger partial charge >= 0.3 is 0 Å². The number of benzene rings is 1. The molecule has 0 saturated heterocycles. The molecule has 2 aromatic rings. The van der Waals surface area contributed by atoms with Crippen LogP contribution in [-0.2, 0) is 24.2 Å². The first-order valence-corrected chi connectivity index (χ1v) is 10.6. The maximum absolute atomic E-state index is 12.6. The van der Waals surface area contributed by atoms with Gasteiger partial charge in [-0.1, -0.05) is 50.7 Å². The van der Waals surface area contributed by atoms with Crippen LogP contribution in [0.15, 0.2) is 23.4 Å². The highest BCUT2D eigenvalue weighted by Gasteiger charge is 2.30. The number of hydrogen-bond donors (Lipinski definition) is 1. The number of hydrogen-bond acceptors (Lipinski definition) is 4. The summed E-state index contributed by atoms with van der Waals surface area (Å²) >= 11 is 1.48. The van der Waals surface area contributed by atoms with Crippen LogP contribution in [0.3, 0.4) is 0 Å². The van der Waals surface area contributed by atoms with E-state index in [2.05, 4.69) is 59.1 Å². The number of para-hydroxylation sites is 1. The van der Waals surface area contributed by atoms with Gasteiger partial charge in [0.2, 0.25) is 5.91 Å². The molecule has 1 aromatic carbocycles. The van der Waals surface area contributed by atoms with Gasteiger partial charge in [0.25, 0.3) is 0 Å². The van der Waals surface area contributed by atoms with Gasteiger partial charge < -0.3 is 9.88 Å². The number of anilines is 1. The first-order chi connectivity index (χ1) is 12.7. The van der Waals surface area contributed by atoms with E-state index in [9.17, 15) is 4.79 Å². The fraction of sp³-hybridized carbons (Fsp3) is 0.550. The lowest BCUT2D eigenvalue weighted by Crippen LogP contribution is -2.17. The van der Waals surface area contributed by atoms with E-state index in [-0.39, 0.29) is 5.91 Å². The van der Waals surface area contributed by atoms with E-state index in [0.29, 0.717) is 11.7 Å². The average molecular weight is 373 g/mol. The van der Waals surface area contributed by atoms with Crippen molar-refractivity contribution in [2.75, 3.05) is 11.1 Å². The zero-order chi connectivity index (χ0) is 18.5. The summed E-state index contributed by atoms with van der Waals surface area (Å²) in [5.41, 5.74) is 3.36. The molecule has 6 heteroatoms. The van der Waals surface area contributed by atoms with Crippen LogP contribution in [-0.4, -0.2) is 26.4 Å². The third-order valence-electron chi connectivity index (χ3n) is 4.73. The van der Waals surface area contributed by atoms with Gasteiger partial charge in [-0.05, 0) is 43.2 Å². The lowest BCUT2D eigenvalue weighted by Gasteiger charge is -2.14. The monoisotopic (exact) mass is 372 g/mol. The molecule has 0 radical (unpaired) electrons. The lowest BCUT2D eigenvalue weighted by atomic mass is 10.0. The Morgan fingerprint density at radius 1 is 1.19 bits per heavy atom. The van der Waals surface area contributed by atoms with Crippen molar-refractivity contribution in [2.24, 2.45) is 0 Å². The fourth-order valence-electron chi connectivity index (χ4n) is 3.19. The molecule has 0 bridgehead atoms. The summed E-state index contributed by atoms with van der Waals surface area (Å²) in [5, 5.41) is 12.7. The normalized spacial score (nSPS) is 13.8. The van der Waals surface area contributed by atoms with Gasteiger partial charge in [0.15, 0.2) is 5.16 Å². The predicted molar refractivity (Wildman–Crippen MR) is 107 cm³/mol. The van der Waals surface area contributed by atoms with Gasteiger partial charge in [-0.25, -0.2) is 0 Å². The Labute approximate surface area is 160 Å². The van der Waals surface area contributed by atoms with Crippen LogP contribution in [0.4, 0.5) is 5.69 Å². The maximum Gasteiger partial charge on any atom is 0.234 e. The second kappa shape index (κ2) is 8.71. The first kappa shape index (κ1) is 19.0.